The summed E-state index contributed by atoms with van der Waals surface area (Å²) in [7, 11) is 0. The quantitative estimate of drug-likeness (QED) is 0.547. The maximum atomic E-state index is 9.23. The van der Waals surface area contributed by atoms with E-state index in [1.54, 1.807) is 0 Å². The number of ether oxygens (including phenoxy) is 1. The zero-order valence-electron chi connectivity index (χ0n) is 12.7. The van der Waals surface area contributed by atoms with Gasteiger partial charge >= 0.3 is 0 Å². The molecule has 1 N–H and O–H groups in total. The Labute approximate surface area is 118 Å². The maximum absolute atomic E-state index is 9.23. The van der Waals surface area contributed by atoms with Gasteiger partial charge in [0.15, 0.2) is 0 Å². The van der Waals surface area contributed by atoms with E-state index >= 15 is 0 Å². The van der Waals surface area contributed by atoms with Crippen molar-refractivity contribution in [1.82, 2.24) is 5.32 Å². The fourth-order valence-corrected chi connectivity index (χ4v) is 2.28. The van der Waals surface area contributed by atoms with Crippen LogP contribution in [0.25, 0.3) is 0 Å². The number of nitrogens with one attached hydrogen (secondary N) is 1. The Balaban J connectivity index is 1.92. The Hall–Kier alpha value is -0.590. The molecule has 1 saturated carbocycles. The molecule has 0 amide bonds. The normalized spacial score (nSPS) is 17.9. The van der Waals surface area contributed by atoms with E-state index in [-0.39, 0.29) is 5.54 Å². The summed E-state index contributed by atoms with van der Waals surface area (Å²) >= 11 is 0. The monoisotopic (exact) mass is 266 g/mol. The molecule has 1 atom stereocenters. The topological polar surface area (TPSA) is 45.0 Å². The average Bonchev–Trinajstić information content (AvgIpc) is 3.20. The second kappa shape index (κ2) is 9.34. The fourth-order valence-electron chi connectivity index (χ4n) is 2.28. The van der Waals surface area contributed by atoms with Gasteiger partial charge in [-0.15, -0.1) is 0 Å². The van der Waals surface area contributed by atoms with Crippen molar-refractivity contribution < 1.29 is 4.74 Å². The largest absolute Gasteiger partial charge is 0.381 e. The molecule has 0 radical (unpaired) electrons. The molecule has 0 bridgehead atoms. The molecular weight excluding hydrogens is 236 g/mol. The highest BCUT2D eigenvalue weighted by molar-refractivity contribution is 5.06. The molecule has 1 aliphatic rings. The lowest BCUT2D eigenvalue weighted by molar-refractivity contribution is 0.122. The first-order chi connectivity index (χ1) is 9.20. The summed E-state index contributed by atoms with van der Waals surface area (Å²) in [6, 6.07) is 3.00. The molecule has 0 aromatic rings. The molecule has 3 heteroatoms. The Morgan fingerprint density at radius 2 is 1.84 bits per heavy atom. The van der Waals surface area contributed by atoms with Crippen LogP contribution >= 0.6 is 0 Å². The lowest BCUT2D eigenvalue weighted by Crippen LogP contribution is -2.42. The van der Waals surface area contributed by atoms with Gasteiger partial charge in [0, 0.05) is 19.3 Å². The van der Waals surface area contributed by atoms with Gasteiger partial charge in [0.25, 0.3) is 0 Å². The summed E-state index contributed by atoms with van der Waals surface area (Å²) in [6.45, 7) is 5.91. The zero-order chi connectivity index (χ0) is 14.0. The van der Waals surface area contributed by atoms with Gasteiger partial charge in [0.05, 0.1) is 6.07 Å². The third kappa shape index (κ3) is 8.23. The third-order valence-electron chi connectivity index (χ3n) is 3.70. The van der Waals surface area contributed by atoms with Crippen molar-refractivity contribution in [2.75, 3.05) is 13.2 Å². The molecule has 0 saturated heterocycles. The van der Waals surface area contributed by atoms with E-state index in [2.05, 4.69) is 18.3 Å². The highest BCUT2D eigenvalue weighted by atomic mass is 16.5. The molecule has 0 spiro atoms. The van der Waals surface area contributed by atoms with Crippen molar-refractivity contribution in [2.24, 2.45) is 0 Å². The van der Waals surface area contributed by atoms with Crippen LogP contribution in [-0.2, 0) is 4.74 Å². The standard InChI is InChI=1S/C16H30N2O/c1-3-4-5-6-7-12-19-13-8-11-16(2,14-17)18-15-9-10-15/h15,18H,3-13H2,1-2H3. The molecule has 0 heterocycles. The maximum Gasteiger partial charge on any atom is 0.104 e. The Morgan fingerprint density at radius 1 is 1.16 bits per heavy atom. The van der Waals surface area contributed by atoms with Crippen molar-refractivity contribution in [3.63, 3.8) is 0 Å². The van der Waals surface area contributed by atoms with Gasteiger partial charge in [-0.1, -0.05) is 32.6 Å². The van der Waals surface area contributed by atoms with Crippen LogP contribution in [0, 0.1) is 11.3 Å². The summed E-state index contributed by atoms with van der Waals surface area (Å²) < 4.78 is 5.64. The number of unbranched alkanes of at least 4 members (excludes halogenated alkanes) is 4. The summed E-state index contributed by atoms with van der Waals surface area (Å²) in [5.74, 6) is 0. The van der Waals surface area contributed by atoms with E-state index in [0.717, 1.165) is 26.1 Å². The Morgan fingerprint density at radius 3 is 2.47 bits per heavy atom. The first-order valence-corrected chi connectivity index (χ1v) is 7.97. The molecular formula is C16H30N2O. The summed E-state index contributed by atoms with van der Waals surface area (Å²) in [4.78, 5) is 0. The SMILES string of the molecule is CCCCCCCOCCCC(C)(C#N)NC1CC1. The van der Waals surface area contributed by atoms with E-state index in [0.29, 0.717) is 6.04 Å². The summed E-state index contributed by atoms with van der Waals surface area (Å²) in [5, 5.41) is 12.7. The molecule has 19 heavy (non-hydrogen) atoms. The molecule has 1 rings (SSSR count). The van der Waals surface area contributed by atoms with Crippen LogP contribution in [0.3, 0.4) is 0 Å². The number of nitrogens with zero attached hydrogens (tertiary/aromatic N) is 1. The van der Waals surface area contributed by atoms with Crippen LogP contribution in [0.2, 0.25) is 0 Å². The molecule has 1 aliphatic carbocycles. The van der Waals surface area contributed by atoms with Crippen LogP contribution in [0.1, 0.15) is 71.6 Å². The number of rotatable bonds is 12. The highest BCUT2D eigenvalue weighted by Gasteiger charge is 2.31. The van der Waals surface area contributed by atoms with Crippen molar-refractivity contribution in [2.45, 2.75) is 83.2 Å². The second-order valence-electron chi connectivity index (χ2n) is 5.99. The Bertz CT molecular complexity index is 270. The van der Waals surface area contributed by atoms with Crippen LogP contribution in [0.15, 0.2) is 0 Å². The smallest absolute Gasteiger partial charge is 0.104 e. The van der Waals surface area contributed by atoms with Crippen molar-refractivity contribution in [3.8, 4) is 6.07 Å². The fraction of sp³-hybridized carbons (Fsp3) is 0.938. The molecule has 0 aromatic carbocycles. The van der Waals surface area contributed by atoms with E-state index in [1.807, 2.05) is 6.92 Å². The average molecular weight is 266 g/mol. The number of nitriles is 1. The van der Waals surface area contributed by atoms with Gasteiger partial charge in [-0.3, -0.25) is 5.32 Å². The predicted octanol–water partition coefficient (Wildman–Crippen LogP) is 3.79. The van der Waals surface area contributed by atoms with Crippen LogP contribution in [0.5, 0.6) is 0 Å². The lowest BCUT2D eigenvalue weighted by atomic mass is 9.98. The third-order valence-corrected chi connectivity index (χ3v) is 3.70. The van der Waals surface area contributed by atoms with E-state index in [9.17, 15) is 5.26 Å². The molecule has 3 nitrogen and oxygen atoms in total. The summed E-state index contributed by atoms with van der Waals surface area (Å²) in [5.41, 5.74) is -0.356. The van der Waals surface area contributed by atoms with Crippen molar-refractivity contribution in [3.05, 3.63) is 0 Å². The Kier molecular flexibility index (Phi) is 8.09. The molecule has 1 fully saturated rings. The summed E-state index contributed by atoms with van der Waals surface area (Å²) in [6.07, 6.45) is 10.7. The highest BCUT2D eigenvalue weighted by Crippen LogP contribution is 2.24. The predicted molar refractivity (Wildman–Crippen MR) is 79.0 cm³/mol. The van der Waals surface area contributed by atoms with E-state index < -0.39 is 0 Å². The van der Waals surface area contributed by atoms with Gasteiger partial charge in [-0.25, -0.2) is 0 Å². The molecule has 1 unspecified atom stereocenters. The van der Waals surface area contributed by atoms with Gasteiger partial charge in [-0.2, -0.15) is 5.26 Å². The minimum absolute atomic E-state index is 0.356. The lowest BCUT2D eigenvalue weighted by Gasteiger charge is -2.23. The first-order valence-electron chi connectivity index (χ1n) is 7.97. The first kappa shape index (κ1) is 16.5. The molecule has 110 valence electrons. The molecule has 0 aliphatic heterocycles. The van der Waals surface area contributed by atoms with Gasteiger partial charge in [0.2, 0.25) is 0 Å². The van der Waals surface area contributed by atoms with Crippen LogP contribution in [-0.4, -0.2) is 24.8 Å². The minimum Gasteiger partial charge on any atom is -0.381 e. The van der Waals surface area contributed by atoms with Crippen LogP contribution in [0.4, 0.5) is 0 Å². The van der Waals surface area contributed by atoms with Crippen LogP contribution < -0.4 is 5.32 Å². The minimum atomic E-state index is -0.356. The number of hydrogen-bond acceptors (Lipinski definition) is 3. The number of hydrogen-bond donors (Lipinski definition) is 1. The van der Waals surface area contributed by atoms with E-state index in [1.165, 1.54) is 44.9 Å². The van der Waals surface area contributed by atoms with Gasteiger partial charge in [-0.05, 0) is 39.0 Å². The van der Waals surface area contributed by atoms with Gasteiger partial charge < -0.3 is 4.74 Å². The van der Waals surface area contributed by atoms with Crippen molar-refractivity contribution >= 4 is 0 Å². The van der Waals surface area contributed by atoms with E-state index in [4.69, 9.17) is 4.74 Å². The zero-order valence-corrected chi connectivity index (χ0v) is 12.7. The van der Waals surface area contributed by atoms with Crippen molar-refractivity contribution in [1.29, 1.82) is 5.26 Å². The molecule has 0 aromatic heterocycles. The van der Waals surface area contributed by atoms with Gasteiger partial charge in [0.1, 0.15) is 5.54 Å². The second-order valence-corrected chi connectivity index (χ2v) is 5.99.